The molecule has 6 amide bonds. The van der Waals surface area contributed by atoms with Crippen LogP contribution in [0.2, 0.25) is 0 Å². The zero-order chi connectivity index (χ0) is 54.8. The number of hydrogen-bond acceptors (Lipinski definition) is 15. The van der Waals surface area contributed by atoms with E-state index in [2.05, 4.69) is 56.1 Å². The van der Waals surface area contributed by atoms with Crippen molar-refractivity contribution < 1.29 is 43.3 Å². The lowest BCUT2D eigenvalue weighted by atomic mass is 9.90. The second kappa shape index (κ2) is 22.8. The fraction of sp³-hybridized carbons (Fsp3) is 0.456. The van der Waals surface area contributed by atoms with Gasteiger partial charge in [0.15, 0.2) is 0 Å². The molecule has 5 aromatic rings. The molecule has 2 atom stereocenters. The number of aryl methyl sites for hydroxylation is 1. The maximum Gasteiger partial charge on any atom is 0.276 e. The summed E-state index contributed by atoms with van der Waals surface area (Å²) in [5.41, 5.74) is 6.46. The lowest BCUT2D eigenvalue weighted by molar-refractivity contribution is -0.136. The number of benzene rings is 1. The van der Waals surface area contributed by atoms with E-state index in [0.717, 1.165) is 75.3 Å². The summed E-state index contributed by atoms with van der Waals surface area (Å²) in [5, 5.41) is 18.8. The standard InChI is InChI=1S/C57H67N11O10/c1-35-31-64(18-7-5-6-8-23-77-24-25-78-34-49(71)61-42-11-9-10-40-50(42)56(76)68(53(40)73)44-13-15-48(70)62-52(44)72)19-20-65(35)38-12-14-47(59-30-38)60-43-26-37(32-63(4)54(43)74)39-16-17-58-51(41(39)33-69)67-22-21-66-45(55(67)75)27-36-28-57(2,3)29-46(36)66/h9-12,14,16-17,26-27,30,32,35,44,69H,5-8,13,15,18-25,28-29,31,33-34H2,1-4H3,(H,59,60)(H,61,71)(H,62,70,72). The minimum absolute atomic E-state index is 0.00159. The van der Waals surface area contributed by atoms with Crippen molar-refractivity contribution in [1.82, 2.24) is 34.2 Å². The van der Waals surface area contributed by atoms with Crippen molar-refractivity contribution in [2.24, 2.45) is 12.5 Å². The highest BCUT2D eigenvalue weighted by molar-refractivity contribution is 6.26. The minimum Gasteiger partial charge on any atom is -0.392 e. The van der Waals surface area contributed by atoms with Crippen molar-refractivity contribution >= 4 is 64.1 Å². The number of hydrogen-bond donors (Lipinski definition) is 4. The number of anilines is 5. The summed E-state index contributed by atoms with van der Waals surface area (Å²) in [6.45, 7) is 12.0. The molecule has 0 saturated carbocycles. The van der Waals surface area contributed by atoms with Crippen molar-refractivity contribution in [3.05, 3.63) is 111 Å². The molecule has 0 bridgehead atoms. The largest absolute Gasteiger partial charge is 0.392 e. The fourth-order valence-electron chi connectivity index (χ4n) is 11.7. The van der Waals surface area contributed by atoms with Gasteiger partial charge in [-0.25, -0.2) is 9.97 Å². The Balaban J connectivity index is 0.628. The van der Waals surface area contributed by atoms with Crippen LogP contribution in [0.25, 0.3) is 11.1 Å². The fourth-order valence-corrected chi connectivity index (χ4v) is 11.7. The molecule has 21 heteroatoms. The van der Waals surface area contributed by atoms with Gasteiger partial charge >= 0.3 is 0 Å². The molecule has 4 aromatic heterocycles. The summed E-state index contributed by atoms with van der Waals surface area (Å²) in [7, 11) is 1.68. The molecule has 5 aliphatic rings. The number of nitrogens with zero attached hydrogens (tertiary/aromatic N) is 8. The number of unbranched alkanes of at least 4 members (excludes halogenated alkanes) is 3. The van der Waals surface area contributed by atoms with Crippen molar-refractivity contribution in [3.63, 3.8) is 0 Å². The van der Waals surface area contributed by atoms with Crippen LogP contribution in [0.3, 0.4) is 0 Å². The zero-order valence-electron chi connectivity index (χ0n) is 44.6. The normalized spacial score (nSPS) is 19.0. The molecule has 2 saturated heterocycles. The highest BCUT2D eigenvalue weighted by atomic mass is 16.5. The summed E-state index contributed by atoms with van der Waals surface area (Å²) in [6.07, 6.45) is 11.2. The number of aliphatic hydroxyl groups excluding tert-OH is 1. The number of fused-ring (bicyclic) bond motifs is 4. The third kappa shape index (κ3) is 11.1. The number of imide groups is 2. The Morgan fingerprint density at radius 3 is 2.46 bits per heavy atom. The molecule has 1 aliphatic carbocycles. The number of pyridine rings is 3. The van der Waals surface area contributed by atoms with Gasteiger partial charge < -0.3 is 39.2 Å². The molecule has 10 rings (SSSR count). The molecular formula is C57H67N11O10. The molecule has 1 aromatic carbocycles. The average molecular weight is 1070 g/mol. The van der Waals surface area contributed by atoms with E-state index in [1.165, 1.54) is 28.0 Å². The first-order chi connectivity index (χ1) is 37.6. The van der Waals surface area contributed by atoms with E-state index in [1.807, 2.05) is 24.4 Å². The second-order valence-corrected chi connectivity index (χ2v) is 21.7. The van der Waals surface area contributed by atoms with Crippen LogP contribution in [-0.4, -0.2) is 141 Å². The van der Waals surface area contributed by atoms with Gasteiger partial charge in [0.25, 0.3) is 23.3 Å². The molecule has 4 aliphatic heterocycles. The first kappa shape index (κ1) is 53.8. The van der Waals surface area contributed by atoms with Gasteiger partial charge in [0.2, 0.25) is 17.7 Å². The Bertz CT molecular complexity index is 3220. The molecule has 2 fully saturated rings. The Morgan fingerprint density at radius 1 is 0.859 bits per heavy atom. The van der Waals surface area contributed by atoms with E-state index in [9.17, 15) is 38.7 Å². The quantitative estimate of drug-likeness (QED) is 0.0604. The number of rotatable bonds is 20. The number of aromatic nitrogens is 4. The predicted molar refractivity (Wildman–Crippen MR) is 291 cm³/mol. The molecule has 0 radical (unpaired) electrons. The molecule has 2 unspecified atom stereocenters. The summed E-state index contributed by atoms with van der Waals surface area (Å²) in [6, 6.07) is 13.2. The van der Waals surface area contributed by atoms with Crippen LogP contribution in [0.15, 0.2) is 71.9 Å². The molecule has 78 heavy (non-hydrogen) atoms. The summed E-state index contributed by atoms with van der Waals surface area (Å²) < 4.78 is 14.9. The first-order valence-electron chi connectivity index (χ1n) is 26.9. The summed E-state index contributed by atoms with van der Waals surface area (Å²) in [4.78, 5) is 107. The number of aliphatic hydroxyl groups is 1. The Morgan fingerprint density at radius 2 is 1.68 bits per heavy atom. The number of carbonyl (C=O) groups is 6. The lowest BCUT2D eigenvalue weighted by Crippen LogP contribution is -2.54. The zero-order valence-corrected chi connectivity index (χ0v) is 44.6. The number of piperidine rings is 1. The van der Waals surface area contributed by atoms with E-state index in [0.29, 0.717) is 66.0 Å². The number of amides is 6. The number of carbonyl (C=O) groups excluding carboxylic acids is 6. The van der Waals surface area contributed by atoms with E-state index >= 15 is 0 Å². The number of nitrogens with one attached hydrogen (secondary N) is 3. The van der Waals surface area contributed by atoms with E-state index in [4.69, 9.17) is 14.5 Å². The van der Waals surface area contributed by atoms with Crippen molar-refractivity contribution in [3.8, 4) is 11.1 Å². The highest BCUT2D eigenvalue weighted by Gasteiger charge is 2.46. The lowest BCUT2D eigenvalue weighted by Gasteiger charge is -2.41. The van der Waals surface area contributed by atoms with Gasteiger partial charge in [-0.1, -0.05) is 32.8 Å². The Hall–Kier alpha value is -7.59. The summed E-state index contributed by atoms with van der Waals surface area (Å²) in [5.74, 6) is -2.24. The minimum atomic E-state index is -1.11. The Labute approximate surface area is 451 Å². The van der Waals surface area contributed by atoms with Crippen LogP contribution in [0.5, 0.6) is 0 Å². The van der Waals surface area contributed by atoms with Crippen LogP contribution in [0.1, 0.15) is 107 Å². The second-order valence-electron chi connectivity index (χ2n) is 21.7. The van der Waals surface area contributed by atoms with Crippen molar-refractivity contribution in [2.45, 2.75) is 97.4 Å². The molecule has 0 spiro atoms. The number of ether oxygens (including phenoxy) is 2. The van der Waals surface area contributed by atoms with Crippen LogP contribution in [0.4, 0.5) is 28.7 Å². The van der Waals surface area contributed by atoms with Gasteiger partial charge in [-0.05, 0) is 105 Å². The molecule has 410 valence electrons. The number of piperazine rings is 1. The third-order valence-corrected chi connectivity index (χ3v) is 15.5. The van der Waals surface area contributed by atoms with E-state index in [1.54, 1.807) is 42.5 Å². The molecule has 4 N–H and O–H groups in total. The third-order valence-electron chi connectivity index (χ3n) is 15.5. The Kier molecular flexibility index (Phi) is 15.7. The van der Waals surface area contributed by atoms with Crippen molar-refractivity contribution in [1.29, 1.82) is 0 Å². The topological polar surface area (TPSA) is 243 Å². The monoisotopic (exact) mass is 1070 g/mol. The van der Waals surface area contributed by atoms with E-state index in [-0.39, 0.29) is 72.4 Å². The van der Waals surface area contributed by atoms with Gasteiger partial charge in [-0.15, -0.1) is 0 Å². The van der Waals surface area contributed by atoms with Crippen molar-refractivity contribution in [2.75, 3.05) is 79.6 Å². The van der Waals surface area contributed by atoms with Gasteiger partial charge in [-0.2, -0.15) is 0 Å². The first-order valence-corrected chi connectivity index (χ1v) is 26.9. The SMILES string of the molecule is CC1CN(CCCCCCOCCOCC(=O)Nc2cccc3c2C(=O)N(C2CCC(=O)NC2=O)C3=O)CCN1c1ccc(Nc2cc(-c3ccnc(N4CCn5c(cc6c5CC(C)(C)C6)C4=O)c3CO)cn(C)c2=O)nc1. The maximum atomic E-state index is 14.0. The maximum absolute atomic E-state index is 14.0. The van der Waals surface area contributed by atoms with Crippen LogP contribution in [-0.2, 0) is 56.9 Å². The molecular weight excluding hydrogens is 999 g/mol. The van der Waals surface area contributed by atoms with E-state index < -0.39 is 35.6 Å². The van der Waals surface area contributed by atoms with Crippen LogP contribution < -0.4 is 31.3 Å². The predicted octanol–water partition coefficient (Wildman–Crippen LogP) is 4.81. The van der Waals surface area contributed by atoms with Crippen LogP contribution >= 0.6 is 0 Å². The van der Waals surface area contributed by atoms with Crippen LogP contribution in [0, 0.1) is 5.41 Å². The average Bonchev–Trinajstić information content (AvgIpc) is 4.23. The molecule has 8 heterocycles. The molecule has 21 nitrogen and oxygen atoms in total. The summed E-state index contributed by atoms with van der Waals surface area (Å²) >= 11 is 0. The smallest absolute Gasteiger partial charge is 0.276 e. The van der Waals surface area contributed by atoms with Gasteiger partial charge in [-0.3, -0.25) is 53.6 Å². The van der Waals surface area contributed by atoms with Gasteiger partial charge in [0, 0.05) is 88.1 Å². The highest BCUT2D eigenvalue weighted by Crippen LogP contribution is 2.40. The van der Waals surface area contributed by atoms with Gasteiger partial charge in [0.05, 0.1) is 48.5 Å². The van der Waals surface area contributed by atoms with Gasteiger partial charge in [0.1, 0.15) is 35.7 Å².